The van der Waals surface area contributed by atoms with Gasteiger partial charge in [0.05, 0.1) is 17.7 Å². The van der Waals surface area contributed by atoms with E-state index in [1.54, 1.807) is 0 Å². The number of nitrogens with zero attached hydrogens (tertiary/aromatic N) is 1. The van der Waals surface area contributed by atoms with Gasteiger partial charge in [-0.05, 0) is 12.5 Å². The van der Waals surface area contributed by atoms with Crippen LogP contribution in [-0.2, 0) is 4.79 Å². The molecule has 0 bridgehead atoms. The van der Waals surface area contributed by atoms with E-state index in [9.17, 15) is 9.90 Å². The Morgan fingerprint density at radius 3 is 2.67 bits per heavy atom. The third-order valence-corrected chi connectivity index (χ3v) is 2.42. The molecule has 0 amide bonds. The molecule has 0 aliphatic carbocycles. The summed E-state index contributed by atoms with van der Waals surface area (Å²) in [5.41, 5.74) is 5.44. The van der Waals surface area contributed by atoms with Crippen molar-refractivity contribution in [3.05, 3.63) is 35.4 Å². The van der Waals surface area contributed by atoms with E-state index in [4.69, 9.17) is 0 Å². The van der Waals surface area contributed by atoms with Crippen LogP contribution < -0.4 is 10.5 Å². The second-order valence-corrected chi connectivity index (χ2v) is 3.63. The first-order valence-electron chi connectivity index (χ1n) is 4.77. The Hall–Kier alpha value is -1.84. The number of rotatable bonds is 2. The molecule has 1 atom stereocenters. The van der Waals surface area contributed by atoms with E-state index >= 15 is 0 Å². The number of hydrogen-bond acceptors (Lipinski definition) is 4. The number of carboxylic acids is 1. The Bertz CT molecular complexity index is 409. The summed E-state index contributed by atoms with van der Waals surface area (Å²) in [6, 6.07) is 7.14. The van der Waals surface area contributed by atoms with Crippen molar-refractivity contribution in [1.82, 2.24) is 5.43 Å². The maximum Gasteiger partial charge on any atom is 0.0889 e. The lowest BCUT2D eigenvalue weighted by molar-refractivity contribution is -0.308. The molecule has 4 nitrogen and oxygen atoms in total. The smallest absolute Gasteiger partial charge is 0.0889 e. The van der Waals surface area contributed by atoms with E-state index in [2.05, 4.69) is 10.5 Å². The number of aliphatic carboxylic acids is 1. The van der Waals surface area contributed by atoms with Gasteiger partial charge in [0.15, 0.2) is 0 Å². The van der Waals surface area contributed by atoms with Crippen molar-refractivity contribution >= 4 is 11.7 Å². The highest BCUT2D eigenvalue weighted by Gasteiger charge is 2.19. The van der Waals surface area contributed by atoms with E-state index in [0.717, 1.165) is 11.3 Å². The molecule has 4 heteroatoms. The lowest BCUT2D eigenvalue weighted by atomic mass is 10.0. The third kappa shape index (κ3) is 1.98. The minimum atomic E-state index is -1.11. The molecule has 2 rings (SSSR count). The van der Waals surface area contributed by atoms with Crippen molar-refractivity contribution in [2.45, 2.75) is 19.4 Å². The first kappa shape index (κ1) is 9.71. The van der Waals surface area contributed by atoms with Gasteiger partial charge in [0.2, 0.25) is 0 Å². The lowest BCUT2D eigenvalue weighted by Crippen LogP contribution is -2.41. The quantitative estimate of drug-likeness (QED) is 0.724. The van der Waals surface area contributed by atoms with Crippen LogP contribution in [0.15, 0.2) is 29.4 Å². The predicted octanol–water partition coefficient (Wildman–Crippen LogP) is -0.189. The molecule has 0 aromatic heterocycles. The van der Waals surface area contributed by atoms with Gasteiger partial charge in [-0.3, -0.25) is 0 Å². The fourth-order valence-electron chi connectivity index (χ4n) is 1.50. The summed E-state index contributed by atoms with van der Waals surface area (Å²) in [4.78, 5) is 10.6. The largest absolute Gasteiger partial charge is 0.548 e. The molecule has 1 aromatic rings. The minimum absolute atomic E-state index is 0.380. The number of aryl methyl sites for hydroxylation is 1. The second kappa shape index (κ2) is 3.73. The van der Waals surface area contributed by atoms with Gasteiger partial charge in [-0.2, -0.15) is 5.10 Å². The number of hydrogen-bond donors (Lipinski definition) is 1. The van der Waals surface area contributed by atoms with E-state index in [0.29, 0.717) is 6.42 Å². The normalized spacial score (nSPS) is 19.5. The molecule has 0 spiro atoms. The van der Waals surface area contributed by atoms with E-state index in [1.807, 2.05) is 31.2 Å². The zero-order chi connectivity index (χ0) is 10.8. The monoisotopic (exact) mass is 203 g/mol. The first-order chi connectivity index (χ1) is 7.16. The second-order valence-electron chi connectivity index (χ2n) is 3.63. The minimum Gasteiger partial charge on any atom is -0.548 e. The summed E-state index contributed by atoms with van der Waals surface area (Å²) in [5.74, 6) is -1.11. The molecule has 0 saturated carbocycles. The van der Waals surface area contributed by atoms with Crippen molar-refractivity contribution < 1.29 is 9.90 Å². The highest BCUT2D eigenvalue weighted by molar-refractivity contribution is 6.03. The highest BCUT2D eigenvalue weighted by Crippen LogP contribution is 2.12. The Balaban J connectivity index is 2.14. The van der Waals surface area contributed by atoms with Crippen LogP contribution >= 0.6 is 0 Å². The van der Waals surface area contributed by atoms with Gasteiger partial charge in [0.25, 0.3) is 0 Å². The zero-order valence-corrected chi connectivity index (χ0v) is 8.36. The number of benzene rings is 1. The van der Waals surface area contributed by atoms with E-state index in [1.165, 1.54) is 5.56 Å². The Labute approximate surface area is 87.6 Å². The average molecular weight is 203 g/mol. The van der Waals surface area contributed by atoms with Gasteiger partial charge in [0.1, 0.15) is 0 Å². The summed E-state index contributed by atoms with van der Waals surface area (Å²) >= 11 is 0. The molecule has 1 N–H and O–H groups in total. The van der Waals surface area contributed by atoms with Crippen LogP contribution in [0.25, 0.3) is 0 Å². The number of carboxylic acid groups (broad SMARTS) is 1. The van der Waals surface area contributed by atoms with Crippen LogP contribution in [0.2, 0.25) is 0 Å². The number of carbonyl (C=O) groups is 1. The lowest BCUT2D eigenvalue weighted by Gasteiger charge is -2.09. The summed E-state index contributed by atoms with van der Waals surface area (Å²) in [5, 5.41) is 14.6. The van der Waals surface area contributed by atoms with Crippen LogP contribution in [0.5, 0.6) is 0 Å². The molecule has 1 aromatic carbocycles. The maximum atomic E-state index is 10.6. The van der Waals surface area contributed by atoms with Gasteiger partial charge < -0.3 is 15.3 Å². The molecule has 0 saturated heterocycles. The van der Waals surface area contributed by atoms with Gasteiger partial charge in [0, 0.05) is 6.42 Å². The molecule has 0 unspecified atom stereocenters. The van der Waals surface area contributed by atoms with Crippen LogP contribution in [0.4, 0.5) is 0 Å². The van der Waals surface area contributed by atoms with E-state index < -0.39 is 12.0 Å². The topological polar surface area (TPSA) is 64.5 Å². The van der Waals surface area contributed by atoms with E-state index in [-0.39, 0.29) is 0 Å². The highest BCUT2D eigenvalue weighted by atomic mass is 16.4. The van der Waals surface area contributed by atoms with Crippen molar-refractivity contribution in [2.75, 3.05) is 0 Å². The zero-order valence-electron chi connectivity index (χ0n) is 8.36. The fraction of sp³-hybridized carbons (Fsp3) is 0.273. The molecule has 78 valence electrons. The molecule has 1 heterocycles. The SMILES string of the molecule is Cc1ccc(C2=NN[C@@H](C(=O)[O-])C2)cc1. The molecule has 1 aliphatic rings. The number of nitrogens with one attached hydrogen (secondary N) is 1. The Morgan fingerprint density at radius 1 is 1.47 bits per heavy atom. The van der Waals surface area contributed by atoms with Crippen molar-refractivity contribution in [2.24, 2.45) is 5.10 Å². The number of hydrazone groups is 1. The summed E-state index contributed by atoms with van der Waals surface area (Å²) in [7, 11) is 0. The van der Waals surface area contributed by atoms with Gasteiger partial charge in [-0.15, -0.1) is 0 Å². The third-order valence-electron chi connectivity index (χ3n) is 2.42. The van der Waals surface area contributed by atoms with Gasteiger partial charge in [-0.25, -0.2) is 0 Å². The summed E-state index contributed by atoms with van der Waals surface area (Å²) in [6.45, 7) is 2.00. The summed E-state index contributed by atoms with van der Waals surface area (Å²) in [6.07, 6.45) is 0.380. The van der Waals surface area contributed by atoms with Crippen molar-refractivity contribution in [1.29, 1.82) is 0 Å². The van der Waals surface area contributed by atoms with Crippen molar-refractivity contribution in [3.63, 3.8) is 0 Å². The van der Waals surface area contributed by atoms with Crippen molar-refractivity contribution in [3.8, 4) is 0 Å². The predicted molar refractivity (Wildman–Crippen MR) is 54.3 cm³/mol. The van der Waals surface area contributed by atoms with Crippen LogP contribution in [-0.4, -0.2) is 17.7 Å². The standard InChI is InChI=1S/C11H12N2O2/c1-7-2-4-8(5-3-7)9-6-10(11(14)15)13-12-9/h2-5,10,13H,6H2,1H3,(H,14,15)/p-1/t10-/m1/s1. The molecule has 15 heavy (non-hydrogen) atoms. The van der Waals surface area contributed by atoms with Crippen LogP contribution in [0, 0.1) is 6.92 Å². The number of carbonyl (C=O) groups excluding carboxylic acids is 1. The molecule has 0 radical (unpaired) electrons. The maximum absolute atomic E-state index is 10.6. The molecule has 1 aliphatic heterocycles. The molecular weight excluding hydrogens is 192 g/mol. The Morgan fingerprint density at radius 2 is 2.13 bits per heavy atom. The first-order valence-corrected chi connectivity index (χ1v) is 4.77. The summed E-state index contributed by atoms with van der Waals surface area (Å²) < 4.78 is 0. The molecule has 0 fully saturated rings. The Kier molecular flexibility index (Phi) is 2.41. The van der Waals surface area contributed by atoms with Gasteiger partial charge >= 0.3 is 0 Å². The van der Waals surface area contributed by atoms with Gasteiger partial charge in [-0.1, -0.05) is 29.8 Å². The van der Waals surface area contributed by atoms with Crippen LogP contribution in [0.1, 0.15) is 17.5 Å². The van der Waals surface area contributed by atoms with Crippen LogP contribution in [0.3, 0.4) is 0 Å². The molecular formula is C11H11N2O2-. The average Bonchev–Trinajstić information content (AvgIpc) is 2.68. The fourth-order valence-corrected chi connectivity index (χ4v) is 1.50.